The lowest BCUT2D eigenvalue weighted by Gasteiger charge is -2.70. The van der Waals surface area contributed by atoms with Gasteiger partial charge in [0.2, 0.25) is 5.91 Å². The minimum absolute atomic E-state index is 0.0102. The molecule has 0 bridgehead atoms. The van der Waals surface area contributed by atoms with Gasteiger partial charge in [-0.25, -0.2) is 9.59 Å². The van der Waals surface area contributed by atoms with Gasteiger partial charge in [0.25, 0.3) is 0 Å². The van der Waals surface area contributed by atoms with Gasteiger partial charge < -0.3 is 24.7 Å². The van der Waals surface area contributed by atoms with E-state index in [0.29, 0.717) is 11.2 Å². The molecule has 8 nitrogen and oxygen atoms in total. The molecule has 1 aromatic carbocycles. The largest absolute Gasteiger partial charge is 0.513 e. The molecule has 0 heterocycles. The van der Waals surface area contributed by atoms with E-state index in [1.54, 1.807) is 13.8 Å². The number of carbonyl (C=O) groups is 3. The average molecular weight is 670 g/mol. The monoisotopic (exact) mass is 669 g/mol. The smallest absolute Gasteiger partial charge is 0.434 e. The summed E-state index contributed by atoms with van der Waals surface area (Å²) < 4.78 is 21.8. The van der Waals surface area contributed by atoms with Crippen molar-refractivity contribution >= 4 is 30.0 Å². The summed E-state index contributed by atoms with van der Waals surface area (Å²) in [4.78, 5) is 38.2. The number of thioether (sulfide) groups is 1. The van der Waals surface area contributed by atoms with E-state index in [4.69, 9.17) is 24.7 Å². The zero-order valence-corrected chi connectivity index (χ0v) is 30.9. The van der Waals surface area contributed by atoms with E-state index >= 15 is 0 Å². The summed E-state index contributed by atoms with van der Waals surface area (Å²) >= 11 is 1.87. The quantitative estimate of drug-likeness (QED) is 0.174. The lowest BCUT2D eigenvalue weighted by Crippen LogP contribution is -2.63. The van der Waals surface area contributed by atoms with Crippen LogP contribution in [0.25, 0.3) is 0 Å². The van der Waals surface area contributed by atoms with Crippen molar-refractivity contribution in [3.63, 3.8) is 0 Å². The Morgan fingerprint density at radius 1 is 0.915 bits per heavy atom. The Morgan fingerprint density at radius 3 is 2.13 bits per heavy atom. The molecule has 5 rings (SSSR count). The Morgan fingerprint density at radius 2 is 1.53 bits per heavy atom. The molecule has 47 heavy (non-hydrogen) atoms. The molecular formula is C38H55NO7S. The first-order valence-electron chi connectivity index (χ1n) is 17.4. The first-order chi connectivity index (χ1) is 21.9. The summed E-state index contributed by atoms with van der Waals surface area (Å²) in [6, 6.07) is 1.92. The summed E-state index contributed by atoms with van der Waals surface area (Å²) in [5, 5.41) is 0.314. The molecule has 1 amide bonds. The zero-order valence-electron chi connectivity index (χ0n) is 30.1. The molecule has 4 aliphatic carbocycles. The van der Waals surface area contributed by atoms with Crippen LogP contribution in [-0.2, 0) is 19.7 Å². The number of benzene rings is 1. The predicted molar refractivity (Wildman–Crippen MR) is 185 cm³/mol. The number of fused-ring (bicyclic) bond motifs is 7. The highest BCUT2D eigenvalue weighted by atomic mass is 32.2. The number of nitrogens with two attached hydrogens (primary N) is 1. The maximum atomic E-state index is 12.8. The van der Waals surface area contributed by atoms with Crippen molar-refractivity contribution in [3.05, 3.63) is 34.4 Å². The van der Waals surface area contributed by atoms with Gasteiger partial charge in [-0.3, -0.25) is 4.79 Å². The third-order valence-electron chi connectivity index (χ3n) is 13.0. The van der Waals surface area contributed by atoms with Crippen molar-refractivity contribution in [2.45, 2.75) is 130 Å². The fourth-order valence-corrected chi connectivity index (χ4v) is 11.2. The van der Waals surface area contributed by atoms with Crippen LogP contribution in [0, 0.1) is 34.5 Å². The normalized spacial score (nSPS) is 35.8. The van der Waals surface area contributed by atoms with Crippen LogP contribution in [0.5, 0.6) is 11.5 Å². The number of allylic oxidation sites excluding steroid dienone is 1. The molecule has 3 fully saturated rings. The fraction of sp³-hybridized carbons (Fsp3) is 0.711. The maximum absolute atomic E-state index is 12.8. The van der Waals surface area contributed by atoms with Gasteiger partial charge in [-0.1, -0.05) is 60.1 Å². The van der Waals surface area contributed by atoms with Crippen molar-refractivity contribution in [2.75, 3.05) is 13.2 Å². The van der Waals surface area contributed by atoms with Crippen LogP contribution in [-0.4, -0.2) is 36.7 Å². The Kier molecular flexibility index (Phi) is 9.35. The van der Waals surface area contributed by atoms with Crippen LogP contribution in [0.2, 0.25) is 0 Å². The molecule has 0 aliphatic heterocycles. The molecule has 0 aromatic heterocycles. The summed E-state index contributed by atoms with van der Waals surface area (Å²) in [5.41, 5.74) is 9.57. The van der Waals surface area contributed by atoms with Crippen LogP contribution in [0.1, 0.15) is 129 Å². The lowest BCUT2D eigenvalue weighted by molar-refractivity contribution is -0.166. The molecular weight excluding hydrogens is 614 g/mol. The van der Waals surface area contributed by atoms with Crippen LogP contribution in [0.4, 0.5) is 9.59 Å². The van der Waals surface area contributed by atoms with Gasteiger partial charge in [-0.05, 0) is 110 Å². The Bertz CT molecular complexity index is 1490. The fourth-order valence-electron chi connectivity index (χ4n) is 9.96. The average Bonchev–Trinajstić information content (AvgIpc) is 2.98. The van der Waals surface area contributed by atoms with Gasteiger partial charge in [0.1, 0.15) is 0 Å². The second-order valence-electron chi connectivity index (χ2n) is 16.0. The number of primary amides is 1. The van der Waals surface area contributed by atoms with E-state index in [9.17, 15) is 14.4 Å². The van der Waals surface area contributed by atoms with E-state index in [2.05, 4.69) is 54.5 Å². The third kappa shape index (κ3) is 5.66. The summed E-state index contributed by atoms with van der Waals surface area (Å²) in [6.07, 6.45) is 7.55. The number of carbonyl (C=O) groups excluding carboxylic acids is 3. The Hall–Kier alpha value is -2.68. The standard InChI is InChI=1S/C38H55NO7S/c1-11-43-32(41)45-25-19-24-29(23(5)30(25)46-33(42)44-12-2)26(47-22(3)4)20-27-36(24,8)16-18-38(10)28-21-35(7,31(39)40)14-13-34(28,6)15-17-37(27,38)9/h19-20,22,26,28H,11-18,21H2,1-10H3,(H2,39,40)/t26?,28-,34-,35-,36+,37-,38+/m1/s1. The first-order valence-corrected chi connectivity index (χ1v) is 18.4. The Balaban J connectivity index is 1.70. The van der Waals surface area contributed by atoms with Gasteiger partial charge >= 0.3 is 12.3 Å². The molecule has 3 saturated carbocycles. The number of ether oxygens (including phenoxy) is 4. The first kappa shape index (κ1) is 35.6. The van der Waals surface area contributed by atoms with Crippen molar-refractivity contribution in [3.8, 4) is 11.5 Å². The molecule has 1 unspecified atom stereocenters. The van der Waals surface area contributed by atoms with E-state index < -0.39 is 17.7 Å². The predicted octanol–water partition coefficient (Wildman–Crippen LogP) is 9.34. The Labute approximate surface area is 285 Å². The van der Waals surface area contributed by atoms with Gasteiger partial charge in [0.05, 0.1) is 13.2 Å². The molecule has 1 aromatic rings. The highest BCUT2D eigenvalue weighted by molar-refractivity contribution is 8.00. The molecule has 9 heteroatoms. The lowest BCUT2D eigenvalue weighted by atomic mass is 9.34. The molecule has 0 saturated heterocycles. The van der Waals surface area contributed by atoms with Gasteiger partial charge in [-0.2, -0.15) is 0 Å². The second kappa shape index (κ2) is 12.3. The van der Waals surface area contributed by atoms with E-state index in [0.717, 1.165) is 61.6 Å². The van der Waals surface area contributed by atoms with E-state index in [1.165, 1.54) is 5.57 Å². The van der Waals surface area contributed by atoms with Crippen molar-refractivity contribution < 1.29 is 33.3 Å². The number of amides is 1. The minimum Gasteiger partial charge on any atom is -0.434 e. The maximum Gasteiger partial charge on any atom is 0.513 e. The second-order valence-corrected chi connectivity index (χ2v) is 17.7. The number of hydrogen-bond donors (Lipinski definition) is 1. The zero-order chi connectivity index (χ0) is 34.7. The van der Waals surface area contributed by atoms with Crippen LogP contribution >= 0.6 is 11.8 Å². The van der Waals surface area contributed by atoms with Crippen molar-refractivity contribution in [2.24, 2.45) is 33.3 Å². The van der Waals surface area contributed by atoms with Crippen LogP contribution < -0.4 is 15.2 Å². The van der Waals surface area contributed by atoms with Crippen LogP contribution in [0.3, 0.4) is 0 Å². The molecule has 0 spiro atoms. The summed E-state index contributed by atoms with van der Waals surface area (Å²) in [5.74, 6) is 0.509. The van der Waals surface area contributed by atoms with Crippen molar-refractivity contribution in [1.29, 1.82) is 0 Å². The number of hydrogen-bond acceptors (Lipinski definition) is 8. The molecule has 260 valence electrons. The van der Waals surface area contributed by atoms with E-state index in [-0.39, 0.29) is 57.5 Å². The third-order valence-corrected chi connectivity index (χ3v) is 14.2. The minimum atomic E-state index is -0.852. The van der Waals surface area contributed by atoms with Gasteiger partial charge in [0.15, 0.2) is 11.5 Å². The van der Waals surface area contributed by atoms with Gasteiger partial charge in [0, 0.05) is 21.6 Å². The highest BCUT2D eigenvalue weighted by Crippen LogP contribution is 2.75. The van der Waals surface area contributed by atoms with Gasteiger partial charge in [-0.15, -0.1) is 11.8 Å². The summed E-state index contributed by atoms with van der Waals surface area (Å²) in [6.45, 7) is 21.9. The number of rotatable bonds is 7. The molecule has 7 atom stereocenters. The topological polar surface area (TPSA) is 114 Å². The van der Waals surface area contributed by atoms with E-state index in [1.807, 2.05) is 24.8 Å². The van der Waals surface area contributed by atoms with Crippen LogP contribution in [0.15, 0.2) is 17.7 Å². The molecule has 0 radical (unpaired) electrons. The van der Waals surface area contributed by atoms with Crippen molar-refractivity contribution in [1.82, 2.24) is 0 Å². The summed E-state index contributed by atoms with van der Waals surface area (Å²) in [7, 11) is 0. The molecule has 4 aliphatic rings. The SMILES string of the molecule is CCOC(=O)Oc1cc2c(c(C)c1OC(=O)OCC)C(SC(C)C)C=C1[C@@]2(C)CC[C@@]2(C)[C@@H]3C[C@](C)(C(N)=O)CC[C@]3(C)CC[C@]12C. The molecule has 2 N–H and O–H groups in total. The highest BCUT2D eigenvalue weighted by Gasteiger charge is 2.67.